The van der Waals surface area contributed by atoms with Crippen LogP contribution in [-0.4, -0.2) is 88.4 Å². The first-order chi connectivity index (χ1) is 12.2. The van der Waals surface area contributed by atoms with Crippen LogP contribution in [0.4, 0.5) is 0 Å². The molecule has 4 aliphatic heterocycles. The first-order valence-electron chi connectivity index (χ1n) is 9.63. The molecule has 2 N–H and O–H groups in total. The number of rotatable bonds is 4. The van der Waals surface area contributed by atoms with Gasteiger partial charge in [0.25, 0.3) is 0 Å². The van der Waals surface area contributed by atoms with Gasteiger partial charge in [-0.25, -0.2) is 9.67 Å². The third-order valence-electron chi connectivity index (χ3n) is 5.50. The van der Waals surface area contributed by atoms with Gasteiger partial charge in [0.15, 0.2) is 5.96 Å². The van der Waals surface area contributed by atoms with Gasteiger partial charge in [-0.1, -0.05) is 0 Å². The van der Waals surface area contributed by atoms with E-state index in [1.807, 2.05) is 11.6 Å². The van der Waals surface area contributed by atoms with Crippen molar-refractivity contribution in [3.8, 4) is 0 Å². The molecule has 5 heterocycles. The van der Waals surface area contributed by atoms with Gasteiger partial charge < -0.3 is 10.6 Å². The zero-order valence-corrected chi connectivity index (χ0v) is 18.1. The molecule has 1 aromatic heterocycles. The number of nitrogens with zero attached hydrogens (tertiary/aromatic N) is 6. The zero-order chi connectivity index (χ0) is 17.2. The lowest BCUT2D eigenvalue weighted by Gasteiger charge is -2.47. The molecule has 26 heavy (non-hydrogen) atoms. The monoisotopic (exact) mass is 474 g/mol. The van der Waals surface area contributed by atoms with E-state index in [-0.39, 0.29) is 24.0 Å². The average Bonchev–Trinajstić information content (AvgIpc) is 3.00. The molecule has 5 rings (SSSR count). The van der Waals surface area contributed by atoms with Gasteiger partial charge in [-0.15, -0.1) is 24.0 Å². The number of hydrogen-bond donors (Lipinski definition) is 2. The maximum atomic E-state index is 4.89. The molecule has 3 saturated heterocycles. The van der Waals surface area contributed by atoms with Crippen LogP contribution in [0.1, 0.15) is 25.0 Å². The summed E-state index contributed by atoms with van der Waals surface area (Å²) < 4.78 is 2.04. The van der Waals surface area contributed by atoms with Crippen molar-refractivity contribution >= 4 is 29.9 Å². The van der Waals surface area contributed by atoms with Crippen molar-refractivity contribution < 1.29 is 0 Å². The summed E-state index contributed by atoms with van der Waals surface area (Å²) in [5.74, 6) is 2.91. The SMILES string of the molecule is CCNC(=NCC1CN2CCN1CC2)NC1CCc2nc(C)nn2C1.I. The predicted octanol–water partition coefficient (Wildman–Crippen LogP) is 0.0742. The highest BCUT2D eigenvalue weighted by Gasteiger charge is 2.31. The summed E-state index contributed by atoms with van der Waals surface area (Å²) in [6.45, 7) is 12.7. The third-order valence-corrected chi connectivity index (χ3v) is 5.50. The third kappa shape index (κ3) is 4.48. The standard InChI is InChI=1S/C17H30N8.HI/c1-3-18-17(19-10-15-12-23-6-8-24(15)9-7-23)21-14-4-5-16-20-13(2)22-25(16)11-14;/h14-15H,3-12H2,1-2H3,(H2,18,19,21);1H. The van der Waals surface area contributed by atoms with Crippen LogP contribution in [0.5, 0.6) is 0 Å². The van der Waals surface area contributed by atoms with Gasteiger partial charge in [-0.2, -0.15) is 5.10 Å². The summed E-state index contributed by atoms with van der Waals surface area (Å²) in [7, 11) is 0. The van der Waals surface area contributed by atoms with Gasteiger partial charge in [0.05, 0.1) is 13.1 Å². The Balaban J connectivity index is 0.00000196. The van der Waals surface area contributed by atoms with Crippen LogP contribution >= 0.6 is 24.0 Å². The van der Waals surface area contributed by atoms with Crippen molar-refractivity contribution in [2.45, 2.75) is 45.3 Å². The summed E-state index contributed by atoms with van der Waals surface area (Å²) in [6.07, 6.45) is 2.05. The summed E-state index contributed by atoms with van der Waals surface area (Å²) >= 11 is 0. The molecule has 146 valence electrons. The second kappa shape index (κ2) is 8.83. The normalized spacial score (nSPS) is 30.5. The van der Waals surface area contributed by atoms with Gasteiger partial charge in [-0.05, 0) is 20.3 Å². The van der Waals surface area contributed by atoms with Crippen LogP contribution in [0.15, 0.2) is 4.99 Å². The maximum absolute atomic E-state index is 4.89. The van der Waals surface area contributed by atoms with Gasteiger partial charge in [0.1, 0.15) is 11.6 Å². The molecule has 0 aliphatic carbocycles. The first-order valence-corrected chi connectivity index (χ1v) is 9.63. The molecule has 2 atom stereocenters. The molecular formula is C17H31IN8. The number of aryl methyl sites for hydroxylation is 2. The molecule has 4 aliphatic rings. The molecule has 0 amide bonds. The first kappa shape index (κ1) is 19.8. The Morgan fingerprint density at radius 1 is 1.23 bits per heavy atom. The lowest BCUT2D eigenvalue weighted by atomic mass is 10.1. The molecule has 2 unspecified atom stereocenters. The molecule has 0 aromatic carbocycles. The number of piperazine rings is 3. The van der Waals surface area contributed by atoms with E-state index in [0.29, 0.717) is 12.1 Å². The maximum Gasteiger partial charge on any atom is 0.191 e. The Kier molecular flexibility index (Phi) is 6.73. The second-order valence-electron chi connectivity index (χ2n) is 7.35. The summed E-state index contributed by atoms with van der Waals surface area (Å²) in [5, 5.41) is 11.5. The van der Waals surface area contributed by atoms with Crippen molar-refractivity contribution in [3.63, 3.8) is 0 Å². The average molecular weight is 474 g/mol. The van der Waals surface area contributed by atoms with E-state index in [0.717, 1.165) is 56.6 Å². The van der Waals surface area contributed by atoms with E-state index >= 15 is 0 Å². The van der Waals surface area contributed by atoms with E-state index in [1.54, 1.807) is 0 Å². The van der Waals surface area contributed by atoms with Crippen LogP contribution in [0.3, 0.4) is 0 Å². The highest BCUT2D eigenvalue weighted by atomic mass is 127. The fourth-order valence-corrected chi connectivity index (χ4v) is 4.16. The summed E-state index contributed by atoms with van der Waals surface area (Å²) in [5.41, 5.74) is 0. The lowest BCUT2D eigenvalue weighted by Crippen LogP contribution is -2.62. The lowest BCUT2D eigenvalue weighted by molar-refractivity contribution is 0.0174. The quantitative estimate of drug-likeness (QED) is 0.366. The number of fused-ring (bicyclic) bond motifs is 4. The van der Waals surface area contributed by atoms with Crippen LogP contribution in [0.2, 0.25) is 0 Å². The van der Waals surface area contributed by atoms with E-state index in [2.05, 4.69) is 37.4 Å². The Labute approximate surface area is 172 Å². The number of hydrogen-bond acceptors (Lipinski definition) is 5. The van der Waals surface area contributed by atoms with Gasteiger partial charge in [0, 0.05) is 57.8 Å². The Morgan fingerprint density at radius 2 is 2.04 bits per heavy atom. The van der Waals surface area contributed by atoms with Crippen molar-refractivity contribution in [2.75, 3.05) is 45.8 Å². The van der Waals surface area contributed by atoms with Crippen LogP contribution in [0, 0.1) is 6.92 Å². The smallest absolute Gasteiger partial charge is 0.191 e. The molecule has 2 bridgehead atoms. The van der Waals surface area contributed by atoms with E-state index in [4.69, 9.17) is 4.99 Å². The fraction of sp³-hybridized carbons (Fsp3) is 0.824. The van der Waals surface area contributed by atoms with Gasteiger partial charge in [0.2, 0.25) is 0 Å². The minimum Gasteiger partial charge on any atom is -0.357 e. The molecule has 9 heteroatoms. The minimum atomic E-state index is 0. The van der Waals surface area contributed by atoms with Gasteiger partial charge in [-0.3, -0.25) is 14.8 Å². The van der Waals surface area contributed by atoms with Crippen molar-refractivity contribution in [1.82, 2.24) is 35.2 Å². The van der Waals surface area contributed by atoms with E-state index in [9.17, 15) is 0 Å². The highest BCUT2D eigenvalue weighted by Crippen LogP contribution is 2.16. The largest absolute Gasteiger partial charge is 0.357 e. The molecule has 0 saturated carbocycles. The topological polar surface area (TPSA) is 73.6 Å². The Hall–Kier alpha value is -0.940. The molecule has 0 radical (unpaired) electrons. The van der Waals surface area contributed by atoms with Gasteiger partial charge >= 0.3 is 0 Å². The molecule has 0 spiro atoms. The van der Waals surface area contributed by atoms with Crippen LogP contribution in [-0.2, 0) is 13.0 Å². The molecular weight excluding hydrogens is 443 g/mol. The van der Waals surface area contributed by atoms with Crippen LogP contribution in [0.25, 0.3) is 0 Å². The Bertz CT molecular complexity index is 622. The summed E-state index contributed by atoms with van der Waals surface area (Å²) in [6, 6.07) is 0.923. The Morgan fingerprint density at radius 3 is 2.73 bits per heavy atom. The number of aromatic nitrogens is 3. The van der Waals surface area contributed by atoms with Crippen molar-refractivity contribution in [1.29, 1.82) is 0 Å². The minimum absolute atomic E-state index is 0. The van der Waals surface area contributed by atoms with Crippen molar-refractivity contribution in [2.24, 2.45) is 4.99 Å². The number of aliphatic imine (C=N–C) groups is 1. The van der Waals surface area contributed by atoms with Crippen molar-refractivity contribution in [3.05, 3.63) is 11.6 Å². The number of nitrogens with one attached hydrogen (secondary N) is 2. The second-order valence-corrected chi connectivity index (χ2v) is 7.35. The number of guanidine groups is 1. The molecule has 1 aromatic rings. The zero-order valence-electron chi connectivity index (χ0n) is 15.8. The van der Waals surface area contributed by atoms with E-state index < -0.39 is 0 Å². The predicted molar refractivity (Wildman–Crippen MR) is 113 cm³/mol. The number of halogens is 1. The fourth-order valence-electron chi connectivity index (χ4n) is 4.16. The summed E-state index contributed by atoms with van der Waals surface area (Å²) in [4.78, 5) is 14.5. The van der Waals surface area contributed by atoms with E-state index in [1.165, 1.54) is 26.2 Å². The highest BCUT2D eigenvalue weighted by molar-refractivity contribution is 14.0. The molecule has 8 nitrogen and oxygen atoms in total. The van der Waals surface area contributed by atoms with Crippen LogP contribution < -0.4 is 10.6 Å². The molecule has 3 fully saturated rings.